The molecule has 0 saturated heterocycles. The molecular weight excluding hydrogens is 341 g/mol. The SMILES string of the molecule is CN[C@H]1C[C@](C)(NC(=O)N2CCc3ccccc3[C@@H]2c2ccc(F)cc2)C1. The highest BCUT2D eigenvalue weighted by molar-refractivity contribution is 5.77. The van der Waals surface area contributed by atoms with Crippen LogP contribution in [0.4, 0.5) is 9.18 Å². The van der Waals surface area contributed by atoms with E-state index in [-0.39, 0.29) is 23.4 Å². The average Bonchev–Trinajstić information content (AvgIpc) is 2.65. The van der Waals surface area contributed by atoms with Crippen LogP contribution in [0.25, 0.3) is 0 Å². The van der Waals surface area contributed by atoms with Gasteiger partial charge < -0.3 is 15.5 Å². The number of hydrogen-bond acceptors (Lipinski definition) is 2. The van der Waals surface area contributed by atoms with Crippen LogP contribution < -0.4 is 10.6 Å². The van der Waals surface area contributed by atoms with Gasteiger partial charge in [0.05, 0.1) is 6.04 Å². The zero-order chi connectivity index (χ0) is 19.0. The summed E-state index contributed by atoms with van der Waals surface area (Å²) in [6, 6.07) is 14.9. The first-order chi connectivity index (χ1) is 13.0. The Morgan fingerprint density at radius 3 is 2.56 bits per heavy atom. The molecule has 4 nitrogen and oxygen atoms in total. The van der Waals surface area contributed by atoms with Gasteiger partial charge in [0.15, 0.2) is 0 Å². The number of nitrogens with one attached hydrogen (secondary N) is 2. The molecule has 5 heteroatoms. The molecule has 0 radical (unpaired) electrons. The van der Waals surface area contributed by atoms with Crippen molar-refractivity contribution in [2.75, 3.05) is 13.6 Å². The van der Waals surface area contributed by atoms with Gasteiger partial charge >= 0.3 is 6.03 Å². The third-order valence-corrected chi connectivity index (χ3v) is 5.94. The molecule has 1 saturated carbocycles. The maximum Gasteiger partial charge on any atom is 0.318 e. The second-order valence-electron chi connectivity index (χ2n) is 7.98. The van der Waals surface area contributed by atoms with E-state index in [1.165, 1.54) is 17.7 Å². The molecule has 1 fully saturated rings. The topological polar surface area (TPSA) is 44.4 Å². The molecule has 0 spiro atoms. The minimum Gasteiger partial charge on any atom is -0.333 e. The number of hydrogen-bond donors (Lipinski definition) is 2. The van der Waals surface area contributed by atoms with E-state index in [2.05, 4.69) is 29.7 Å². The molecule has 0 bridgehead atoms. The van der Waals surface area contributed by atoms with Crippen molar-refractivity contribution >= 4 is 6.03 Å². The van der Waals surface area contributed by atoms with Gasteiger partial charge in [-0.25, -0.2) is 9.18 Å². The molecule has 2 N–H and O–H groups in total. The summed E-state index contributed by atoms with van der Waals surface area (Å²) in [5.74, 6) is -0.265. The summed E-state index contributed by atoms with van der Waals surface area (Å²) in [5, 5.41) is 6.50. The number of halogens is 1. The quantitative estimate of drug-likeness (QED) is 0.870. The molecule has 2 aliphatic rings. The molecule has 142 valence electrons. The van der Waals surface area contributed by atoms with E-state index in [4.69, 9.17) is 0 Å². The average molecular weight is 367 g/mol. The van der Waals surface area contributed by atoms with Gasteiger partial charge in [0.2, 0.25) is 0 Å². The second-order valence-corrected chi connectivity index (χ2v) is 7.98. The molecule has 2 aromatic rings. The predicted molar refractivity (Wildman–Crippen MR) is 104 cm³/mol. The molecule has 4 rings (SSSR count). The normalized spacial score (nSPS) is 26.9. The lowest BCUT2D eigenvalue weighted by Crippen LogP contribution is -2.63. The van der Waals surface area contributed by atoms with Crippen LogP contribution in [0.1, 0.15) is 42.5 Å². The van der Waals surface area contributed by atoms with Gasteiger partial charge in [-0.3, -0.25) is 0 Å². The van der Waals surface area contributed by atoms with Gasteiger partial charge in [-0.05, 0) is 62.1 Å². The van der Waals surface area contributed by atoms with Gasteiger partial charge in [-0.1, -0.05) is 36.4 Å². The van der Waals surface area contributed by atoms with E-state index in [1.807, 2.05) is 24.1 Å². The highest BCUT2D eigenvalue weighted by Crippen LogP contribution is 2.37. The van der Waals surface area contributed by atoms with Crippen LogP contribution >= 0.6 is 0 Å². The van der Waals surface area contributed by atoms with Crippen molar-refractivity contribution in [1.29, 1.82) is 0 Å². The molecule has 2 aromatic carbocycles. The molecule has 0 aromatic heterocycles. The fraction of sp³-hybridized carbons (Fsp3) is 0.409. The van der Waals surface area contributed by atoms with Crippen LogP contribution in [-0.4, -0.2) is 36.1 Å². The number of rotatable bonds is 3. The fourth-order valence-electron chi connectivity index (χ4n) is 4.45. The van der Waals surface area contributed by atoms with E-state index in [1.54, 1.807) is 12.1 Å². The first-order valence-corrected chi connectivity index (χ1v) is 9.58. The Hall–Kier alpha value is -2.40. The van der Waals surface area contributed by atoms with E-state index >= 15 is 0 Å². The fourth-order valence-corrected chi connectivity index (χ4v) is 4.45. The summed E-state index contributed by atoms with van der Waals surface area (Å²) in [6.45, 7) is 2.75. The lowest BCUT2D eigenvalue weighted by molar-refractivity contribution is 0.128. The van der Waals surface area contributed by atoms with Crippen LogP contribution in [-0.2, 0) is 6.42 Å². The zero-order valence-electron chi connectivity index (χ0n) is 15.8. The van der Waals surface area contributed by atoms with E-state index in [0.717, 1.165) is 30.4 Å². The first kappa shape index (κ1) is 18.0. The lowest BCUT2D eigenvalue weighted by Gasteiger charge is -2.47. The molecular formula is C22H26FN3O. The number of amides is 2. The third kappa shape index (κ3) is 3.44. The number of fused-ring (bicyclic) bond motifs is 1. The van der Waals surface area contributed by atoms with Crippen molar-refractivity contribution in [3.05, 3.63) is 71.0 Å². The van der Waals surface area contributed by atoms with Crippen LogP contribution in [0, 0.1) is 5.82 Å². The van der Waals surface area contributed by atoms with Crippen molar-refractivity contribution in [2.45, 2.75) is 43.8 Å². The van der Waals surface area contributed by atoms with Crippen molar-refractivity contribution in [1.82, 2.24) is 15.5 Å². The Balaban J connectivity index is 1.63. The zero-order valence-corrected chi connectivity index (χ0v) is 15.8. The van der Waals surface area contributed by atoms with E-state index in [0.29, 0.717) is 12.6 Å². The van der Waals surface area contributed by atoms with Crippen LogP contribution in [0.3, 0.4) is 0 Å². The van der Waals surface area contributed by atoms with Crippen molar-refractivity contribution in [2.24, 2.45) is 0 Å². The molecule has 2 amide bonds. The number of benzene rings is 2. The van der Waals surface area contributed by atoms with E-state index in [9.17, 15) is 9.18 Å². The highest BCUT2D eigenvalue weighted by atomic mass is 19.1. The minimum absolute atomic E-state index is 0.0455. The number of urea groups is 1. The van der Waals surface area contributed by atoms with Crippen molar-refractivity contribution in [3.8, 4) is 0 Å². The molecule has 27 heavy (non-hydrogen) atoms. The Bertz CT molecular complexity index is 830. The first-order valence-electron chi connectivity index (χ1n) is 9.58. The summed E-state index contributed by atoms with van der Waals surface area (Å²) in [5.41, 5.74) is 3.14. The molecule has 1 heterocycles. The smallest absolute Gasteiger partial charge is 0.318 e. The summed E-state index contributed by atoms with van der Waals surface area (Å²) < 4.78 is 13.5. The Labute approximate surface area is 159 Å². The molecule has 0 unspecified atom stereocenters. The van der Waals surface area contributed by atoms with Gasteiger partial charge in [0.1, 0.15) is 5.82 Å². The number of carbonyl (C=O) groups is 1. The van der Waals surface area contributed by atoms with Crippen LogP contribution in [0.2, 0.25) is 0 Å². The number of carbonyl (C=O) groups excluding carboxylic acids is 1. The Kier molecular flexibility index (Phi) is 4.64. The Morgan fingerprint density at radius 2 is 1.85 bits per heavy atom. The standard InChI is InChI=1S/C22H26FN3O/c1-22(13-18(14-22)24-2)25-21(27)26-12-11-15-5-3-4-6-19(15)20(26)16-7-9-17(23)10-8-16/h3-10,18,20,24H,11-14H2,1-2H3,(H,25,27)/t18-,20-,22-/m0/s1. The largest absolute Gasteiger partial charge is 0.333 e. The third-order valence-electron chi connectivity index (χ3n) is 5.94. The van der Waals surface area contributed by atoms with Crippen LogP contribution in [0.5, 0.6) is 0 Å². The second kappa shape index (κ2) is 6.97. The van der Waals surface area contributed by atoms with Gasteiger partial charge in [-0.2, -0.15) is 0 Å². The maximum atomic E-state index is 13.5. The maximum absolute atomic E-state index is 13.5. The van der Waals surface area contributed by atoms with Crippen molar-refractivity contribution in [3.63, 3.8) is 0 Å². The van der Waals surface area contributed by atoms with E-state index < -0.39 is 0 Å². The van der Waals surface area contributed by atoms with Crippen molar-refractivity contribution < 1.29 is 9.18 Å². The number of nitrogens with zero attached hydrogens (tertiary/aromatic N) is 1. The van der Waals surface area contributed by atoms with Gasteiger partial charge in [-0.15, -0.1) is 0 Å². The summed E-state index contributed by atoms with van der Waals surface area (Å²) in [7, 11) is 1.96. The van der Waals surface area contributed by atoms with Crippen LogP contribution in [0.15, 0.2) is 48.5 Å². The summed E-state index contributed by atoms with van der Waals surface area (Å²) >= 11 is 0. The predicted octanol–water partition coefficient (Wildman–Crippen LogP) is 3.62. The monoisotopic (exact) mass is 367 g/mol. The summed E-state index contributed by atoms with van der Waals surface area (Å²) in [4.78, 5) is 15.1. The minimum atomic E-state index is -0.265. The molecule has 1 atom stereocenters. The van der Waals surface area contributed by atoms with Gasteiger partial charge in [0.25, 0.3) is 0 Å². The highest BCUT2D eigenvalue weighted by Gasteiger charge is 2.42. The lowest BCUT2D eigenvalue weighted by atomic mass is 9.74. The molecule has 1 aliphatic carbocycles. The molecule has 1 aliphatic heterocycles. The Morgan fingerprint density at radius 1 is 1.15 bits per heavy atom. The van der Waals surface area contributed by atoms with Gasteiger partial charge in [0, 0.05) is 18.1 Å². The summed E-state index contributed by atoms with van der Waals surface area (Å²) in [6.07, 6.45) is 2.69.